The van der Waals surface area contributed by atoms with Crippen LogP contribution in [0.2, 0.25) is 0 Å². The molecule has 0 fully saturated rings. The van der Waals surface area contributed by atoms with Gasteiger partial charge in [0.05, 0.1) is 0 Å². The molecular formula is C11H7NO. The first-order valence-corrected chi connectivity index (χ1v) is 3.74. The third kappa shape index (κ3) is 2.18. The first-order chi connectivity index (χ1) is 6.27. The fourth-order valence-electron chi connectivity index (χ4n) is 0.996. The van der Waals surface area contributed by atoms with Crippen LogP contribution in [0.15, 0.2) is 18.2 Å². The van der Waals surface area contributed by atoms with Crippen LogP contribution in [-0.4, -0.2) is 6.29 Å². The van der Waals surface area contributed by atoms with Crippen LogP contribution in [0, 0.1) is 30.1 Å². The second-order valence-electron chi connectivity index (χ2n) is 2.55. The molecule has 1 aromatic rings. The fourth-order valence-corrected chi connectivity index (χ4v) is 0.996. The summed E-state index contributed by atoms with van der Waals surface area (Å²) < 4.78 is 0. The summed E-state index contributed by atoms with van der Waals surface area (Å²) in [6.45, 7) is 1.86. The molecular weight excluding hydrogens is 162 g/mol. The van der Waals surface area contributed by atoms with Crippen molar-refractivity contribution in [2.75, 3.05) is 0 Å². The fraction of sp³-hybridized carbons (Fsp3) is 0.0909. The quantitative estimate of drug-likeness (QED) is 0.474. The van der Waals surface area contributed by atoms with Gasteiger partial charge in [-0.2, -0.15) is 5.26 Å². The highest BCUT2D eigenvalue weighted by Crippen LogP contribution is 2.08. The number of hydrogen-bond donors (Lipinski definition) is 0. The van der Waals surface area contributed by atoms with Gasteiger partial charge in [0.1, 0.15) is 6.29 Å². The minimum absolute atomic E-state index is 0.625. The van der Waals surface area contributed by atoms with Crippen LogP contribution in [0.5, 0.6) is 0 Å². The summed E-state index contributed by atoms with van der Waals surface area (Å²) in [5.41, 5.74) is 2.32. The zero-order valence-corrected chi connectivity index (χ0v) is 7.16. The third-order valence-electron chi connectivity index (χ3n) is 1.64. The van der Waals surface area contributed by atoms with Crippen LogP contribution in [0.3, 0.4) is 0 Å². The molecule has 0 saturated heterocycles. The van der Waals surface area contributed by atoms with Crippen molar-refractivity contribution < 1.29 is 4.79 Å². The number of nitrogens with zero attached hydrogens (tertiary/aromatic N) is 1. The Labute approximate surface area is 76.8 Å². The van der Waals surface area contributed by atoms with E-state index in [9.17, 15) is 4.79 Å². The van der Waals surface area contributed by atoms with Crippen molar-refractivity contribution in [2.24, 2.45) is 0 Å². The number of hydrogen-bond acceptors (Lipinski definition) is 2. The Bertz CT molecular complexity index is 430. The predicted molar refractivity (Wildman–Crippen MR) is 49.1 cm³/mol. The van der Waals surface area contributed by atoms with Gasteiger partial charge < -0.3 is 0 Å². The van der Waals surface area contributed by atoms with Crippen molar-refractivity contribution in [3.05, 3.63) is 34.9 Å². The Morgan fingerprint density at radius 1 is 1.46 bits per heavy atom. The largest absolute Gasteiger partial charge is 0.298 e. The van der Waals surface area contributed by atoms with Gasteiger partial charge >= 0.3 is 0 Å². The monoisotopic (exact) mass is 169 g/mol. The maximum Gasteiger partial charge on any atom is 0.152 e. The van der Waals surface area contributed by atoms with E-state index in [0.29, 0.717) is 5.56 Å². The molecule has 0 amide bonds. The van der Waals surface area contributed by atoms with Crippen LogP contribution in [0.1, 0.15) is 21.5 Å². The number of benzene rings is 1. The topological polar surface area (TPSA) is 40.9 Å². The van der Waals surface area contributed by atoms with E-state index >= 15 is 0 Å². The van der Waals surface area contributed by atoms with Gasteiger partial charge in [-0.3, -0.25) is 4.79 Å². The molecule has 0 aliphatic carbocycles. The van der Waals surface area contributed by atoms with Gasteiger partial charge in [-0.05, 0) is 24.6 Å². The van der Waals surface area contributed by atoms with E-state index in [1.165, 1.54) is 0 Å². The molecule has 1 rings (SSSR count). The maximum atomic E-state index is 10.4. The van der Waals surface area contributed by atoms with Crippen molar-refractivity contribution in [1.29, 1.82) is 5.26 Å². The number of aldehydes is 1. The Morgan fingerprint density at radius 3 is 2.77 bits per heavy atom. The molecule has 2 nitrogen and oxygen atoms in total. The minimum Gasteiger partial charge on any atom is -0.298 e. The van der Waals surface area contributed by atoms with E-state index in [2.05, 4.69) is 11.8 Å². The van der Waals surface area contributed by atoms with Gasteiger partial charge in [-0.25, -0.2) is 0 Å². The van der Waals surface area contributed by atoms with Crippen molar-refractivity contribution >= 4 is 6.29 Å². The molecule has 0 aromatic heterocycles. The third-order valence-corrected chi connectivity index (χ3v) is 1.64. The van der Waals surface area contributed by atoms with Crippen molar-refractivity contribution in [1.82, 2.24) is 0 Å². The van der Waals surface area contributed by atoms with Gasteiger partial charge in [0.25, 0.3) is 0 Å². The first-order valence-electron chi connectivity index (χ1n) is 3.74. The van der Waals surface area contributed by atoms with Crippen LogP contribution < -0.4 is 0 Å². The van der Waals surface area contributed by atoms with E-state index in [1.807, 2.05) is 6.92 Å². The molecule has 62 valence electrons. The Balaban J connectivity index is 3.14. The van der Waals surface area contributed by atoms with Crippen molar-refractivity contribution in [3.8, 4) is 17.9 Å². The molecule has 0 aliphatic rings. The molecule has 0 atom stereocenters. The molecule has 0 N–H and O–H groups in total. The van der Waals surface area contributed by atoms with Gasteiger partial charge in [0.15, 0.2) is 6.07 Å². The lowest BCUT2D eigenvalue weighted by atomic mass is 10.1. The standard InChI is InChI=1S/C11H7NO/c1-9-7-10(8-13)4-5-11(9)3-2-6-12/h4-5,7-8H,1H3. The van der Waals surface area contributed by atoms with Crippen LogP contribution >= 0.6 is 0 Å². The zero-order chi connectivity index (χ0) is 9.68. The highest BCUT2D eigenvalue weighted by Gasteiger charge is 1.95. The van der Waals surface area contributed by atoms with E-state index in [-0.39, 0.29) is 0 Å². The Hall–Kier alpha value is -2.06. The molecule has 0 heterocycles. The normalized spacial score (nSPS) is 8.00. The number of carbonyl (C=O) groups is 1. The minimum atomic E-state index is 0.625. The van der Waals surface area contributed by atoms with Crippen molar-refractivity contribution in [2.45, 2.75) is 6.92 Å². The summed E-state index contributed by atoms with van der Waals surface area (Å²) in [5.74, 6) is 5.00. The van der Waals surface area contributed by atoms with Crippen LogP contribution in [-0.2, 0) is 0 Å². The van der Waals surface area contributed by atoms with E-state index in [4.69, 9.17) is 5.26 Å². The van der Waals surface area contributed by atoms with E-state index in [1.54, 1.807) is 24.3 Å². The SMILES string of the molecule is Cc1cc(C=O)ccc1C#CC#N. The summed E-state index contributed by atoms with van der Waals surface area (Å²) in [5, 5.41) is 8.24. The molecule has 1 aromatic carbocycles. The lowest BCUT2D eigenvalue weighted by Gasteiger charge is -1.97. The number of aryl methyl sites for hydroxylation is 1. The average molecular weight is 169 g/mol. The summed E-state index contributed by atoms with van der Waals surface area (Å²) in [6, 6.07) is 6.91. The predicted octanol–water partition coefficient (Wildman–Crippen LogP) is 1.68. The molecule has 0 bridgehead atoms. The van der Waals surface area contributed by atoms with Crippen LogP contribution in [0.25, 0.3) is 0 Å². The smallest absolute Gasteiger partial charge is 0.152 e. The second-order valence-corrected chi connectivity index (χ2v) is 2.55. The van der Waals surface area contributed by atoms with Gasteiger partial charge in [0.2, 0.25) is 0 Å². The maximum absolute atomic E-state index is 10.4. The van der Waals surface area contributed by atoms with E-state index in [0.717, 1.165) is 17.4 Å². The van der Waals surface area contributed by atoms with Gasteiger partial charge in [-0.1, -0.05) is 12.0 Å². The second kappa shape index (κ2) is 4.09. The lowest BCUT2D eigenvalue weighted by molar-refractivity contribution is 0.112. The highest BCUT2D eigenvalue weighted by atomic mass is 16.1. The number of rotatable bonds is 1. The van der Waals surface area contributed by atoms with Crippen molar-refractivity contribution in [3.63, 3.8) is 0 Å². The lowest BCUT2D eigenvalue weighted by Crippen LogP contribution is -1.85. The zero-order valence-electron chi connectivity index (χ0n) is 7.16. The summed E-state index contributed by atoms with van der Waals surface area (Å²) >= 11 is 0. The summed E-state index contributed by atoms with van der Waals surface area (Å²) in [7, 11) is 0. The first kappa shape index (κ1) is 9.03. The molecule has 0 aliphatic heterocycles. The average Bonchev–Trinajstić information content (AvgIpc) is 2.16. The molecule has 2 heteroatoms. The van der Waals surface area contributed by atoms with E-state index < -0.39 is 0 Å². The molecule has 0 saturated carbocycles. The van der Waals surface area contributed by atoms with Gasteiger partial charge in [0, 0.05) is 17.0 Å². The molecule has 13 heavy (non-hydrogen) atoms. The summed E-state index contributed by atoms with van der Waals surface area (Å²) in [6.07, 6.45) is 0.786. The highest BCUT2D eigenvalue weighted by molar-refractivity contribution is 5.75. The van der Waals surface area contributed by atoms with Gasteiger partial charge in [-0.15, -0.1) is 0 Å². The number of carbonyl (C=O) groups excluding carboxylic acids is 1. The Morgan fingerprint density at radius 2 is 2.23 bits per heavy atom. The van der Waals surface area contributed by atoms with Crippen LogP contribution in [0.4, 0.5) is 0 Å². The number of nitriles is 1. The molecule has 0 unspecified atom stereocenters. The molecule has 0 spiro atoms. The molecule has 0 radical (unpaired) electrons. The Kier molecular flexibility index (Phi) is 2.84. The summed E-state index contributed by atoms with van der Waals surface area (Å²) in [4.78, 5) is 10.4.